The first kappa shape index (κ1) is 24.6. The van der Waals surface area contributed by atoms with Crippen molar-refractivity contribution in [2.75, 3.05) is 31.8 Å². The Morgan fingerprint density at radius 2 is 1.97 bits per heavy atom. The van der Waals surface area contributed by atoms with Crippen LogP contribution in [0.15, 0.2) is 22.9 Å². The lowest BCUT2D eigenvalue weighted by molar-refractivity contribution is -0.162. The van der Waals surface area contributed by atoms with Crippen LogP contribution in [0.3, 0.4) is 0 Å². The quantitative estimate of drug-likeness (QED) is 0.459. The summed E-state index contributed by atoms with van der Waals surface area (Å²) in [5.74, 6) is -0.917. The molecule has 1 aliphatic heterocycles. The highest BCUT2D eigenvalue weighted by molar-refractivity contribution is 9.10. The number of hydrogen-bond acceptors (Lipinski definition) is 6. The lowest BCUT2D eigenvalue weighted by Gasteiger charge is -2.25. The summed E-state index contributed by atoms with van der Waals surface area (Å²) < 4.78 is 45.9. The SMILES string of the molecule is CC.COCn1nc(Br)nc1N(CCCOC1CCCCO1)c1cc(F)cc(F)c1. The zero-order valence-electron chi connectivity index (χ0n) is 17.6. The van der Waals surface area contributed by atoms with E-state index in [2.05, 4.69) is 26.0 Å². The van der Waals surface area contributed by atoms with Gasteiger partial charge in [0.15, 0.2) is 6.29 Å². The molecule has 1 atom stereocenters. The molecule has 3 rings (SSSR count). The second-order valence-corrected chi connectivity index (χ2v) is 7.11. The van der Waals surface area contributed by atoms with Crippen LogP contribution in [-0.4, -0.2) is 47.9 Å². The van der Waals surface area contributed by atoms with Gasteiger partial charge in [-0.15, -0.1) is 5.10 Å². The van der Waals surface area contributed by atoms with E-state index < -0.39 is 11.6 Å². The molecule has 0 N–H and O–H groups in total. The Balaban J connectivity index is 0.00000155. The third-order valence-corrected chi connectivity index (χ3v) is 4.58. The summed E-state index contributed by atoms with van der Waals surface area (Å²) in [4.78, 5) is 6.03. The van der Waals surface area contributed by atoms with Crippen molar-refractivity contribution in [1.29, 1.82) is 0 Å². The van der Waals surface area contributed by atoms with E-state index in [0.717, 1.165) is 25.3 Å². The molecule has 1 saturated heterocycles. The fraction of sp³-hybridized carbons (Fsp3) is 0.600. The first-order valence-corrected chi connectivity index (χ1v) is 10.9. The van der Waals surface area contributed by atoms with Gasteiger partial charge in [-0.1, -0.05) is 13.8 Å². The van der Waals surface area contributed by atoms with E-state index in [-0.39, 0.29) is 13.0 Å². The number of rotatable bonds is 9. The Kier molecular flexibility index (Phi) is 10.6. The van der Waals surface area contributed by atoms with Crippen molar-refractivity contribution in [1.82, 2.24) is 14.8 Å². The first-order chi connectivity index (χ1) is 14.6. The van der Waals surface area contributed by atoms with E-state index in [9.17, 15) is 8.78 Å². The molecule has 168 valence electrons. The molecule has 0 spiro atoms. The van der Waals surface area contributed by atoms with E-state index in [1.165, 1.54) is 23.9 Å². The molecule has 2 heterocycles. The van der Waals surface area contributed by atoms with Crippen LogP contribution in [0.2, 0.25) is 0 Å². The molecule has 0 aliphatic carbocycles. The van der Waals surface area contributed by atoms with Gasteiger partial charge in [0, 0.05) is 32.0 Å². The predicted molar refractivity (Wildman–Crippen MR) is 114 cm³/mol. The second kappa shape index (κ2) is 12.9. The average molecular weight is 491 g/mol. The maximum atomic E-state index is 13.8. The minimum absolute atomic E-state index is 0.147. The monoisotopic (exact) mass is 490 g/mol. The maximum absolute atomic E-state index is 13.8. The Labute approximate surface area is 184 Å². The van der Waals surface area contributed by atoms with E-state index >= 15 is 0 Å². The highest BCUT2D eigenvalue weighted by Gasteiger charge is 2.20. The van der Waals surface area contributed by atoms with Gasteiger partial charge in [0.05, 0.1) is 6.61 Å². The fourth-order valence-corrected chi connectivity index (χ4v) is 3.39. The van der Waals surface area contributed by atoms with Gasteiger partial charge in [-0.2, -0.15) is 4.98 Å². The van der Waals surface area contributed by atoms with Crippen molar-refractivity contribution in [3.05, 3.63) is 34.6 Å². The Bertz CT molecular complexity index is 752. The molecule has 1 aliphatic rings. The molecule has 0 radical (unpaired) electrons. The number of aromatic nitrogens is 3. The minimum atomic E-state index is -0.663. The first-order valence-electron chi connectivity index (χ1n) is 10.1. The van der Waals surface area contributed by atoms with Gasteiger partial charge in [-0.3, -0.25) is 0 Å². The lowest BCUT2D eigenvalue weighted by atomic mass is 10.2. The molecule has 1 aromatic carbocycles. The van der Waals surface area contributed by atoms with Crippen LogP contribution in [0.4, 0.5) is 20.4 Å². The summed E-state index contributed by atoms with van der Waals surface area (Å²) in [7, 11) is 1.53. The van der Waals surface area contributed by atoms with Gasteiger partial charge >= 0.3 is 0 Å². The Morgan fingerprint density at radius 1 is 1.23 bits per heavy atom. The maximum Gasteiger partial charge on any atom is 0.231 e. The predicted octanol–water partition coefficient (Wildman–Crippen LogP) is 5.02. The largest absolute Gasteiger partial charge is 0.362 e. The van der Waals surface area contributed by atoms with Crippen molar-refractivity contribution < 1.29 is 23.0 Å². The molecule has 1 fully saturated rings. The van der Waals surface area contributed by atoms with Crippen LogP contribution in [-0.2, 0) is 20.9 Å². The molecule has 7 nitrogen and oxygen atoms in total. The number of ether oxygens (including phenoxy) is 3. The highest BCUT2D eigenvalue weighted by atomic mass is 79.9. The van der Waals surface area contributed by atoms with Gasteiger partial charge in [-0.05, 0) is 53.7 Å². The van der Waals surface area contributed by atoms with E-state index in [4.69, 9.17) is 14.2 Å². The van der Waals surface area contributed by atoms with Crippen molar-refractivity contribution in [2.24, 2.45) is 0 Å². The molecule has 2 aromatic rings. The lowest BCUT2D eigenvalue weighted by Crippen LogP contribution is -2.26. The van der Waals surface area contributed by atoms with Crippen LogP contribution in [0, 0.1) is 11.6 Å². The van der Waals surface area contributed by atoms with Gasteiger partial charge in [-0.25, -0.2) is 13.5 Å². The fourth-order valence-electron chi connectivity index (χ4n) is 3.04. The van der Waals surface area contributed by atoms with Crippen LogP contribution < -0.4 is 4.90 Å². The van der Waals surface area contributed by atoms with Gasteiger partial charge in [0.2, 0.25) is 10.7 Å². The summed E-state index contributed by atoms with van der Waals surface area (Å²) in [5, 5.41) is 4.21. The Hall–Kier alpha value is -1.62. The third kappa shape index (κ3) is 7.26. The van der Waals surface area contributed by atoms with Crippen molar-refractivity contribution in [3.63, 3.8) is 0 Å². The number of halogens is 3. The molecule has 1 unspecified atom stereocenters. The van der Waals surface area contributed by atoms with Gasteiger partial charge in [0.25, 0.3) is 0 Å². The third-order valence-electron chi connectivity index (χ3n) is 4.25. The topological polar surface area (TPSA) is 61.6 Å². The number of benzene rings is 1. The smallest absolute Gasteiger partial charge is 0.231 e. The Morgan fingerprint density at radius 3 is 2.60 bits per heavy atom. The molecule has 10 heteroatoms. The summed E-state index contributed by atoms with van der Waals surface area (Å²) in [5.41, 5.74) is 0.337. The minimum Gasteiger partial charge on any atom is -0.362 e. The van der Waals surface area contributed by atoms with Gasteiger partial charge < -0.3 is 19.1 Å². The number of methoxy groups -OCH3 is 1. The number of nitrogens with zero attached hydrogens (tertiary/aromatic N) is 4. The van der Waals surface area contributed by atoms with Crippen LogP contribution >= 0.6 is 15.9 Å². The average Bonchev–Trinajstić information content (AvgIpc) is 3.09. The summed E-state index contributed by atoms with van der Waals surface area (Å²) in [6.07, 6.45) is 3.46. The summed E-state index contributed by atoms with van der Waals surface area (Å²) >= 11 is 3.24. The molecule has 30 heavy (non-hydrogen) atoms. The van der Waals surface area contributed by atoms with E-state index in [1.54, 1.807) is 4.90 Å². The number of anilines is 2. The molecule has 0 bridgehead atoms. The van der Waals surface area contributed by atoms with Gasteiger partial charge in [0.1, 0.15) is 18.4 Å². The van der Waals surface area contributed by atoms with Crippen molar-refractivity contribution >= 4 is 27.6 Å². The van der Waals surface area contributed by atoms with Crippen molar-refractivity contribution in [2.45, 2.75) is 52.6 Å². The molecular weight excluding hydrogens is 462 g/mol. The van der Waals surface area contributed by atoms with E-state index in [1.807, 2.05) is 13.8 Å². The van der Waals surface area contributed by atoms with E-state index in [0.29, 0.717) is 42.5 Å². The molecule has 0 saturated carbocycles. The second-order valence-electron chi connectivity index (χ2n) is 6.40. The zero-order chi connectivity index (χ0) is 21.9. The zero-order valence-corrected chi connectivity index (χ0v) is 19.2. The number of hydrogen-bond donors (Lipinski definition) is 0. The van der Waals surface area contributed by atoms with Crippen molar-refractivity contribution in [3.8, 4) is 0 Å². The molecule has 0 amide bonds. The standard InChI is InChI=1S/C18H23BrF2N4O3.C2H6/c1-26-12-25-18(22-17(19)23-25)24(15-10-13(20)9-14(21)11-15)6-4-8-28-16-5-2-3-7-27-16;1-2/h9-11,16H,2-8,12H2,1H3;1-2H3. The molecule has 1 aromatic heterocycles. The van der Waals surface area contributed by atoms with Crippen LogP contribution in [0.1, 0.15) is 39.5 Å². The summed E-state index contributed by atoms with van der Waals surface area (Å²) in [6, 6.07) is 3.35. The summed E-state index contributed by atoms with van der Waals surface area (Å²) in [6.45, 7) is 5.74. The van der Waals surface area contributed by atoms with Crippen LogP contribution in [0.5, 0.6) is 0 Å². The van der Waals surface area contributed by atoms with Crippen LogP contribution in [0.25, 0.3) is 0 Å². The normalized spacial score (nSPS) is 16.1. The molecular formula is C20H29BrF2N4O3. The highest BCUT2D eigenvalue weighted by Crippen LogP contribution is 2.27.